The number of hydrogen-bond acceptors (Lipinski definition) is 8. The fourth-order valence-corrected chi connectivity index (χ4v) is 7.26. The van der Waals surface area contributed by atoms with Crippen molar-refractivity contribution in [2.45, 2.75) is 26.5 Å². The lowest BCUT2D eigenvalue weighted by Crippen LogP contribution is -2.39. The average Bonchev–Trinajstić information content (AvgIpc) is 3.32. The minimum absolute atomic E-state index is 0.215. The lowest BCUT2D eigenvalue weighted by atomic mass is 9.97. The molecule has 8 nitrogen and oxygen atoms in total. The fourth-order valence-electron chi connectivity index (χ4n) is 4.73. The maximum absolute atomic E-state index is 14.1. The van der Waals surface area contributed by atoms with Crippen LogP contribution in [0.3, 0.4) is 0 Å². The molecule has 0 saturated carbocycles. The van der Waals surface area contributed by atoms with Crippen molar-refractivity contribution in [1.29, 1.82) is 0 Å². The zero-order valence-corrected chi connectivity index (χ0v) is 28.7. The molecule has 4 aromatic rings. The highest BCUT2D eigenvalue weighted by Crippen LogP contribution is 2.36. The van der Waals surface area contributed by atoms with E-state index >= 15 is 0 Å². The second kappa shape index (κ2) is 14.2. The van der Waals surface area contributed by atoms with Gasteiger partial charge in [0.05, 0.1) is 40.9 Å². The van der Waals surface area contributed by atoms with Crippen LogP contribution in [0.25, 0.3) is 6.08 Å². The Balaban J connectivity index is 1.63. The summed E-state index contributed by atoms with van der Waals surface area (Å²) in [5.41, 5.74) is 2.02. The Labute approximate surface area is 279 Å². The molecule has 0 spiro atoms. The van der Waals surface area contributed by atoms with E-state index in [0.29, 0.717) is 60.4 Å². The molecule has 5 rings (SSSR count). The zero-order valence-electron chi connectivity index (χ0n) is 23.9. The van der Waals surface area contributed by atoms with Crippen molar-refractivity contribution in [3.05, 3.63) is 117 Å². The Hall–Kier alpha value is -3.38. The molecule has 1 aliphatic rings. The van der Waals surface area contributed by atoms with E-state index in [1.807, 2.05) is 50.2 Å². The van der Waals surface area contributed by atoms with Crippen LogP contribution in [-0.2, 0) is 16.1 Å². The molecule has 0 saturated heterocycles. The van der Waals surface area contributed by atoms with Crippen molar-refractivity contribution in [3.8, 4) is 17.2 Å². The maximum Gasteiger partial charge on any atom is 0.337 e. The lowest BCUT2D eigenvalue weighted by Gasteiger charge is -2.23. The molecular formula is C32H27Br2ClN2O6S. The van der Waals surface area contributed by atoms with Crippen LogP contribution in [0.5, 0.6) is 17.2 Å². The Bertz CT molecular complexity index is 1940. The van der Waals surface area contributed by atoms with E-state index in [4.69, 9.17) is 30.5 Å². The summed E-state index contributed by atoms with van der Waals surface area (Å²) in [6.45, 7) is 4.85. The number of hydrogen-bond donors (Lipinski definition) is 0. The Kier molecular flexibility index (Phi) is 10.3. The number of thiazole rings is 1. The van der Waals surface area contributed by atoms with E-state index in [9.17, 15) is 9.59 Å². The molecule has 1 atom stereocenters. The highest BCUT2D eigenvalue weighted by molar-refractivity contribution is 9.11. The van der Waals surface area contributed by atoms with Crippen molar-refractivity contribution < 1.29 is 23.7 Å². The normalized spacial score (nSPS) is 14.4. The van der Waals surface area contributed by atoms with Gasteiger partial charge in [-0.05, 0) is 71.7 Å². The minimum Gasteiger partial charge on any atom is -0.490 e. The van der Waals surface area contributed by atoms with Crippen LogP contribution in [0.2, 0.25) is 5.02 Å². The smallest absolute Gasteiger partial charge is 0.337 e. The van der Waals surface area contributed by atoms with Crippen LogP contribution in [-0.4, -0.2) is 30.9 Å². The summed E-state index contributed by atoms with van der Waals surface area (Å²) in [5, 5.41) is 0.596. The largest absolute Gasteiger partial charge is 0.490 e. The monoisotopic (exact) mass is 760 g/mol. The summed E-state index contributed by atoms with van der Waals surface area (Å²) in [4.78, 5) is 31.9. The number of methoxy groups -OCH3 is 1. The summed E-state index contributed by atoms with van der Waals surface area (Å²) >= 11 is 14.7. The minimum atomic E-state index is -0.805. The van der Waals surface area contributed by atoms with Crippen LogP contribution in [0, 0.1) is 0 Å². The summed E-state index contributed by atoms with van der Waals surface area (Å²) in [5.74, 6) is 1.03. The second-order valence-electron chi connectivity index (χ2n) is 9.43. The Morgan fingerprint density at radius 3 is 2.52 bits per heavy atom. The van der Waals surface area contributed by atoms with Crippen LogP contribution in [0.4, 0.5) is 0 Å². The van der Waals surface area contributed by atoms with Crippen molar-refractivity contribution in [3.63, 3.8) is 0 Å². The third-order valence-corrected chi connectivity index (χ3v) is 9.07. The number of carbonyl (C=O) groups is 1. The number of carbonyl (C=O) groups excluding carboxylic acids is 1. The van der Waals surface area contributed by atoms with E-state index in [1.54, 1.807) is 24.3 Å². The van der Waals surface area contributed by atoms with Crippen molar-refractivity contribution in [1.82, 2.24) is 4.57 Å². The molecule has 0 unspecified atom stereocenters. The third-order valence-electron chi connectivity index (χ3n) is 6.66. The molecule has 44 heavy (non-hydrogen) atoms. The predicted octanol–water partition coefficient (Wildman–Crippen LogP) is 6.57. The number of nitrogens with zero attached hydrogens (tertiary/aromatic N) is 2. The molecule has 0 aliphatic carbocycles. The number of esters is 1. The first-order chi connectivity index (χ1) is 21.2. The first-order valence-electron chi connectivity index (χ1n) is 13.6. The summed E-state index contributed by atoms with van der Waals surface area (Å²) < 4.78 is 26.2. The third kappa shape index (κ3) is 6.66. The quantitative estimate of drug-likeness (QED) is 0.170. The number of fused-ring (bicyclic) bond motifs is 1. The van der Waals surface area contributed by atoms with Gasteiger partial charge in [0.15, 0.2) is 16.3 Å². The van der Waals surface area contributed by atoms with Gasteiger partial charge in [-0.2, -0.15) is 0 Å². The molecule has 0 N–H and O–H groups in total. The number of benzene rings is 3. The van der Waals surface area contributed by atoms with Gasteiger partial charge in [0, 0.05) is 26.8 Å². The molecule has 0 amide bonds. The van der Waals surface area contributed by atoms with Crippen molar-refractivity contribution in [2.75, 3.05) is 20.3 Å². The number of aromatic nitrogens is 1. The molecule has 0 fully saturated rings. The van der Waals surface area contributed by atoms with Gasteiger partial charge in [0.25, 0.3) is 5.56 Å². The topological polar surface area (TPSA) is 88.4 Å². The molecular weight excluding hydrogens is 736 g/mol. The van der Waals surface area contributed by atoms with Crippen LogP contribution >= 0.6 is 54.8 Å². The highest BCUT2D eigenvalue weighted by atomic mass is 79.9. The van der Waals surface area contributed by atoms with Gasteiger partial charge >= 0.3 is 5.97 Å². The molecule has 2 heterocycles. The first-order valence-corrected chi connectivity index (χ1v) is 16.4. The summed E-state index contributed by atoms with van der Waals surface area (Å²) in [6, 6.07) is 15.7. The van der Waals surface area contributed by atoms with Crippen LogP contribution < -0.4 is 29.1 Å². The molecule has 0 radical (unpaired) electrons. The van der Waals surface area contributed by atoms with Gasteiger partial charge in [0.1, 0.15) is 12.4 Å². The lowest BCUT2D eigenvalue weighted by molar-refractivity contribution is -0.136. The van der Waals surface area contributed by atoms with E-state index in [2.05, 4.69) is 36.9 Å². The standard InChI is InChI=1S/C32H27Br2ClN2O6S/c1-4-41-25-11-10-18(13-26(25)42-5-2)28-22(31(39)40-3)16-36-32-37(28)30(38)27(44-32)14-20-12-21(33)15-23(34)29(20)43-17-19-8-6-7-9-24(19)35/h6-16,28H,4-5,17H2,1-3H3/b27-14+/t28-/m1/s1. The Morgan fingerprint density at radius 2 is 1.80 bits per heavy atom. The molecule has 1 aromatic heterocycles. The number of rotatable bonds is 10. The van der Waals surface area contributed by atoms with Crippen molar-refractivity contribution in [2.24, 2.45) is 4.99 Å². The zero-order chi connectivity index (χ0) is 31.4. The van der Waals surface area contributed by atoms with Crippen LogP contribution in [0.1, 0.15) is 36.6 Å². The second-order valence-corrected chi connectivity index (χ2v) is 12.6. The SMILES string of the molecule is CCOc1ccc([C@@H]2C(C(=O)OC)=CN=c3s/c(=C/c4cc(Br)cc(Br)c4OCc4ccccc4Cl)c(=O)n32)cc1OCC. The van der Waals surface area contributed by atoms with E-state index in [0.717, 1.165) is 10.0 Å². The maximum atomic E-state index is 14.1. The highest BCUT2D eigenvalue weighted by Gasteiger charge is 2.31. The van der Waals surface area contributed by atoms with E-state index in [1.165, 1.54) is 29.2 Å². The van der Waals surface area contributed by atoms with Gasteiger partial charge in [-0.3, -0.25) is 9.36 Å². The van der Waals surface area contributed by atoms with Gasteiger partial charge in [-0.15, -0.1) is 0 Å². The van der Waals surface area contributed by atoms with E-state index < -0.39 is 12.0 Å². The summed E-state index contributed by atoms with van der Waals surface area (Å²) in [7, 11) is 1.30. The van der Waals surface area contributed by atoms with Gasteiger partial charge in [-0.25, -0.2) is 9.79 Å². The predicted molar refractivity (Wildman–Crippen MR) is 178 cm³/mol. The molecule has 228 valence electrons. The molecule has 12 heteroatoms. The molecule has 1 aliphatic heterocycles. The van der Waals surface area contributed by atoms with Gasteiger partial charge < -0.3 is 18.9 Å². The Morgan fingerprint density at radius 1 is 1.05 bits per heavy atom. The number of ether oxygens (including phenoxy) is 4. The van der Waals surface area contributed by atoms with Gasteiger partial charge in [-0.1, -0.05) is 63.1 Å². The molecule has 3 aromatic carbocycles. The first kappa shape index (κ1) is 32.0. The van der Waals surface area contributed by atoms with Gasteiger partial charge in [0.2, 0.25) is 0 Å². The number of halogens is 3. The molecule has 0 bridgehead atoms. The van der Waals surface area contributed by atoms with E-state index in [-0.39, 0.29) is 17.7 Å². The van der Waals surface area contributed by atoms with Crippen LogP contribution in [0.15, 0.2) is 85.1 Å². The fraction of sp³-hybridized carbons (Fsp3) is 0.219. The van der Waals surface area contributed by atoms with Crippen molar-refractivity contribution >= 4 is 66.8 Å². The summed E-state index contributed by atoms with van der Waals surface area (Å²) in [6.07, 6.45) is 3.21. The average molecular weight is 763 g/mol.